The van der Waals surface area contributed by atoms with Gasteiger partial charge in [-0.3, -0.25) is 29.1 Å². The summed E-state index contributed by atoms with van der Waals surface area (Å²) in [5, 5.41) is 30.1. The predicted octanol–water partition coefficient (Wildman–Crippen LogP) is -4.20. The predicted molar refractivity (Wildman–Crippen MR) is 107 cm³/mol. The zero-order valence-electron chi connectivity index (χ0n) is 13.7. The number of hydrogen-bond acceptors (Lipinski definition) is 7. The van der Waals surface area contributed by atoms with Gasteiger partial charge in [-0.25, -0.2) is 0 Å². The second-order valence-corrected chi connectivity index (χ2v) is 5.76. The third-order valence-electron chi connectivity index (χ3n) is 3.75. The van der Waals surface area contributed by atoms with Gasteiger partial charge in [-0.2, -0.15) is 0 Å². The summed E-state index contributed by atoms with van der Waals surface area (Å²) >= 11 is 0. The molecule has 0 aliphatic carbocycles. The second-order valence-electron chi connectivity index (χ2n) is 5.76. The van der Waals surface area contributed by atoms with Crippen molar-refractivity contribution >= 4 is 107 Å². The maximum atomic E-state index is 11.0. The zero-order valence-corrected chi connectivity index (χ0v) is 13.7. The number of carboxylic acids is 3. The van der Waals surface area contributed by atoms with Crippen molar-refractivity contribution in [3.63, 3.8) is 0 Å². The van der Waals surface area contributed by atoms with E-state index in [1.807, 2.05) is 0 Å². The molecule has 1 saturated heterocycles. The van der Waals surface area contributed by atoms with Gasteiger partial charge in [0.2, 0.25) is 0 Å². The third-order valence-corrected chi connectivity index (χ3v) is 3.75. The van der Waals surface area contributed by atoms with Crippen molar-refractivity contribution in [2.75, 3.05) is 72.0 Å². The fourth-order valence-electron chi connectivity index (χ4n) is 2.55. The Labute approximate surface area is 225 Å². The van der Waals surface area contributed by atoms with Gasteiger partial charge in [0.05, 0.1) is 19.6 Å². The first kappa shape index (κ1) is 32.9. The Morgan fingerprint density at radius 2 is 0.852 bits per heavy atom. The van der Waals surface area contributed by atoms with Crippen LogP contribution in [0.1, 0.15) is 0 Å². The van der Waals surface area contributed by atoms with E-state index in [0.29, 0.717) is 52.4 Å². The van der Waals surface area contributed by atoms with Crippen LogP contribution in [0.25, 0.3) is 0 Å². The monoisotopic (exact) mass is 418 g/mol. The SMILES string of the molecule is O=C(O)CN1CCNCCN(CC(=O)O)CCN(CC(=O)O)CC1.[NaH].[NaH].[NaH]. The van der Waals surface area contributed by atoms with E-state index in [-0.39, 0.29) is 108 Å². The number of rotatable bonds is 6. The van der Waals surface area contributed by atoms with Crippen LogP contribution in [-0.4, -0.2) is 209 Å². The number of aliphatic carboxylic acids is 3. The van der Waals surface area contributed by atoms with E-state index >= 15 is 0 Å². The molecule has 4 N–H and O–H groups in total. The summed E-state index contributed by atoms with van der Waals surface area (Å²) < 4.78 is 0. The summed E-state index contributed by atoms with van der Waals surface area (Å²) in [4.78, 5) is 38.1. The molecule has 27 heavy (non-hydrogen) atoms. The van der Waals surface area contributed by atoms with Crippen molar-refractivity contribution in [2.24, 2.45) is 0 Å². The van der Waals surface area contributed by atoms with Crippen LogP contribution in [0.2, 0.25) is 0 Å². The van der Waals surface area contributed by atoms with Crippen LogP contribution in [0.4, 0.5) is 0 Å². The van der Waals surface area contributed by atoms with E-state index < -0.39 is 17.9 Å². The van der Waals surface area contributed by atoms with Gasteiger partial charge in [-0.1, -0.05) is 0 Å². The molecule has 0 atom stereocenters. The molecule has 0 aromatic rings. The summed E-state index contributed by atoms with van der Waals surface area (Å²) in [5.41, 5.74) is 0. The Hall–Kier alpha value is 1.25. The summed E-state index contributed by atoms with van der Waals surface area (Å²) in [5.74, 6) is -2.79. The van der Waals surface area contributed by atoms with Crippen LogP contribution in [0.15, 0.2) is 0 Å². The van der Waals surface area contributed by atoms with E-state index in [4.69, 9.17) is 15.3 Å². The van der Waals surface area contributed by atoms with Crippen LogP contribution in [0, 0.1) is 0 Å². The Bertz CT molecular complexity index is 417. The quantitative estimate of drug-likeness (QED) is 0.315. The van der Waals surface area contributed by atoms with Crippen molar-refractivity contribution in [2.45, 2.75) is 0 Å². The Balaban J connectivity index is -0.00000192. The minimum absolute atomic E-state index is 0. The van der Waals surface area contributed by atoms with Gasteiger partial charge in [-0.05, 0) is 0 Å². The standard InChI is InChI=1S/C14H26N4O6.3Na.3H/c19-12(20)9-16-3-1-15-2-4-17(10-13(21)22)6-8-18(7-5-16)11-14(23)24;;;;;;/h15H,1-11H2,(H,19,20)(H,21,22)(H,23,24);;;;;;. The first-order valence-electron chi connectivity index (χ1n) is 7.90. The normalized spacial score (nSPS) is 17.8. The van der Waals surface area contributed by atoms with Gasteiger partial charge in [-0.15, -0.1) is 0 Å². The Morgan fingerprint density at radius 1 is 0.593 bits per heavy atom. The molecule has 13 heteroatoms. The number of carbonyl (C=O) groups is 3. The number of hydrogen-bond donors (Lipinski definition) is 4. The fourth-order valence-corrected chi connectivity index (χ4v) is 2.55. The number of nitrogens with zero attached hydrogens (tertiary/aromatic N) is 3. The van der Waals surface area contributed by atoms with Gasteiger partial charge < -0.3 is 20.6 Å². The third kappa shape index (κ3) is 17.8. The zero-order chi connectivity index (χ0) is 17.9. The molecule has 0 unspecified atom stereocenters. The summed E-state index contributed by atoms with van der Waals surface area (Å²) in [6.07, 6.45) is 0. The molecule has 0 bridgehead atoms. The molecule has 0 saturated carbocycles. The molecule has 0 aromatic heterocycles. The minimum atomic E-state index is -0.960. The van der Waals surface area contributed by atoms with E-state index in [1.165, 1.54) is 0 Å². The molecule has 144 valence electrons. The van der Waals surface area contributed by atoms with Crippen molar-refractivity contribution in [1.82, 2.24) is 20.0 Å². The van der Waals surface area contributed by atoms with Gasteiger partial charge in [0.15, 0.2) is 0 Å². The molecule has 1 fully saturated rings. The molecule has 1 aliphatic heterocycles. The molecule has 1 rings (SSSR count). The van der Waals surface area contributed by atoms with Crippen molar-refractivity contribution in [3.8, 4) is 0 Å². The fraction of sp³-hybridized carbons (Fsp3) is 0.786. The van der Waals surface area contributed by atoms with E-state index in [9.17, 15) is 14.4 Å². The molecule has 0 amide bonds. The Kier molecular flexibility index (Phi) is 23.4. The van der Waals surface area contributed by atoms with Crippen LogP contribution in [0.3, 0.4) is 0 Å². The topological polar surface area (TPSA) is 134 Å². The average molecular weight is 418 g/mol. The van der Waals surface area contributed by atoms with Crippen LogP contribution in [-0.2, 0) is 14.4 Å². The summed E-state index contributed by atoms with van der Waals surface area (Å²) in [7, 11) is 0. The van der Waals surface area contributed by atoms with Gasteiger partial charge in [0.1, 0.15) is 0 Å². The van der Waals surface area contributed by atoms with Crippen LogP contribution >= 0.6 is 0 Å². The summed E-state index contributed by atoms with van der Waals surface area (Å²) in [6.45, 7) is 3.64. The first-order valence-corrected chi connectivity index (χ1v) is 7.90. The molecule has 0 radical (unpaired) electrons. The van der Waals surface area contributed by atoms with Crippen molar-refractivity contribution in [1.29, 1.82) is 0 Å². The molecule has 1 aliphatic rings. The van der Waals surface area contributed by atoms with E-state index in [0.717, 1.165) is 0 Å². The molecule has 0 spiro atoms. The van der Waals surface area contributed by atoms with Crippen molar-refractivity contribution < 1.29 is 29.7 Å². The Morgan fingerprint density at radius 3 is 1.11 bits per heavy atom. The van der Waals surface area contributed by atoms with Crippen LogP contribution in [0.5, 0.6) is 0 Å². The first-order chi connectivity index (χ1) is 11.4. The molecule has 0 aromatic carbocycles. The average Bonchev–Trinajstić information content (AvgIpc) is 2.45. The van der Waals surface area contributed by atoms with E-state index in [2.05, 4.69) is 5.32 Å². The molecule has 10 nitrogen and oxygen atoms in total. The van der Waals surface area contributed by atoms with Crippen LogP contribution < -0.4 is 5.32 Å². The number of carboxylic acid groups (broad SMARTS) is 3. The molecular weight excluding hydrogens is 389 g/mol. The molecule has 1 heterocycles. The van der Waals surface area contributed by atoms with E-state index in [1.54, 1.807) is 14.7 Å². The van der Waals surface area contributed by atoms with Gasteiger partial charge in [0.25, 0.3) is 0 Å². The van der Waals surface area contributed by atoms with Crippen molar-refractivity contribution in [3.05, 3.63) is 0 Å². The van der Waals surface area contributed by atoms with Gasteiger partial charge in [0, 0.05) is 52.4 Å². The second kappa shape index (κ2) is 19.2. The maximum absolute atomic E-state index is 11.0. The summed E-state index contributed by atoms with van der Waals surface area (Å²) in [6, 6.07) is 0. The molecular formula is C14H29N4Na3O6. The number of nitrogens with one attached hydrogen (secondary N) is 1. The van der Waals surface area contributed by atoms with Gasteiger partial charge >= 0.3 is 107 Å².